The molecule has 1 heteroatoms. The Morgan fingerprint density at radius 3 is 2.00 bits per heavy atom. The fourth-order valence-corrected chi connectivity index (χ4v) is 3.28. The fraction of sp³-hybridized carbons (Fsp3) is 0.600. The van der Waals surface area contributed by atoms with Crippen molar-refractivity contribution in [3.8, 4) is 0 Å². The minimum atomic E-state index is 0.961. The standard InChI is InChI=1S/C20H31Cl/c1-6-8-10-12-17-14-18(13-11-9-7-2)20(21)16(5)19(17)15(3)4/h14H,3,6-13H2,1-2,4-5H3. The van der Waals surface area contributed by atoms with E-state index in [-0.39, 0.29) is 0 Å². The molecule has 0 atom stereocenters. The smallest absolute Gasteiger partial charge is 0.0473 e. The minimum Gasteiger partial charge on any atom is -0.0955 e. The predicted octanol–water partition coefficient (Wildman–Crippen LogP) is 7.15. The Hall–Kier alpha value is -0.750. The van der Waals surface area contributed by atoms with Gasteiger partial charge >= 0.3 is 0 Å². The van der Waals surface area contributed by atoms with Gasteiger partial charge in [-0.3, -0.25) is 0 Å². The molecule has 0 radical (unpaired) electrons. The van der Waals surface area contributed by atoms with Crippen LogP contribution in [-0.4, -0.2) is 0 Å². The van der Waals surface area contributed by atoms with Gasteiger partial charge in [-0.25, -0.2) is 0 Å². The van der Waals surface area contributed by atoms with E-state index in [1.165, 1.54) is 60.8 Å². The van der Waals surface area contributed by atoms with Gasteiger partial charge in [-0.2, -0.15) is 0 Å². The Labute approximate surface area is 136 Å². The Morgan fingerprint density at radius 2 is 1.52 bits per heavy atom. The molecule has 0 unspecified atom stereocenters. The highest BCUT2D eigenvalue weighted by molar-refractivity contribution is 6.32. The Balaban J connectivity index is 3.08. The van der Waals surface area contributed by atoms with Crippen LogP contribution in [0.15, 0.2) is 12.6 Å². The summed E-state index contributed by atoms with van der Waals surface area (Å²) in [5.41, 5.74) is 6.45. The highest BCUT2D eigenvalue weighted by Gasteiger charge is 2.14. The zero-order valence-corrected chi connectivity index (χ0v) is 15.1. The average Bonchev–Trinajstić information content (AvgIpc) is 2.44. The van der Waals surface area contributed by atoms with E-state index < -0.39 is 0 Å². The third kappa shape index (κ3) is 5.18. The zero-order chi connectivity index (χ0) is 15.8. The summed E-state index contributed by atoms with van der Waals surface area (Å²) in [4.78, 5) is 0. The first-order valence-corrected chi connectivity index (χ1v) is 8.87. The molecule has 0 saturated carbocycles. The third-order valence-electron chi connectivity index (χ3n) is 4.18. The number of allylic oxidation sites excluding steroid dienone is 1. The molecule has 1 rings (SSSR count). The highest BCUT2D eigenvalue weighted by Crippen LogP contribution is 2.33. The maximum absolute atomic E-state index is 6.61. The number of hydrogen-bond donors (Lipinski definition) is 0. The van der Waals surface area contributed by atoms with Gasteiger partial charge in [0.15, 0.2) is 0 Å². The number of benzene rings is 1. The van der Waals surface area contributed by atoms with Crippen LogP contribution in [0.2, 0.25) is 5.02 Å². The topological polar surface area (TPSA) is 0 Å². The predicted molar refractivity (Wildman–Crippen MR) is 97.4 cm³/mol. The second kappa shape index (κ2) is 9.30. The van der Waals surface area contributed by atoms with E-state index in [1.54, 1.807) is 0 Å². The first-order chi connectivity index (χ1) is 10.0. The lowest BCUT2D eigenvalue weighted by Gasteiger charge is -2.18. The summed E-state index contributed by atoms with van der Waals surface area (Å²) in [5, 5.41) is 0.961. The van der Waals surface area contributed by atoms with E-state index in [0.29, 0.717) is 0 Å². The lowest BCUT2D eigenvalue weighted by molar-refractivity contribution is 0.707. The number of unbranched alkanes of at least 4 members (excludes halogenated alkanes) is 4. The molecule has 21 heavy (non-hydrogen) atoms. The fourth-order valence-electron chi connectivity index (χ4n) is 3.04. The first-order valence-electron chi connectivity index (χ1n) is 8.49. The molecule has 0 aliphatic rings. The minimum absolute atomic E-state index is 0.961. The molecular formula is C20H31Cl. The normalized spacial score (nSPS) is 10.9. The van der Waals surface area contributed by atoms with Gasteiger partial charge in [-0.05, 0) is 61.8 Å². The van der Waals surface area contributed by atoms with Crippen LogP contribution >= 0.6 is 11.6 Å². The van der Waals surface area contributed by atoms with E-state index in [1.807, 2.05) is 0 Å². The largest absolute Gasteiger partial charge is 0.0955 e. The van der Waals surface area contributed by atoms with Crippen molar-refractivity contribution in [2.75, 3.05) is 0 Å². The number of hydrogen-bond acceptors (Lipinski definition) is 0. The molecule has 1 aromatic carbocycles. The van der Waals surface area contributed by atoms with E-state index in [2.05, 4.69) is 40.3 Å². The van der Waals surface area contributed by atoms with Crippen LogP contribution in [0.3, 0.4) is 0 Å². The lowest BCUT2D eigenvalue weighted by atomic mass is 9.89. The number of aryl methyl sites for hydroxylation is 2. The summed E-state index contributed by atoms with van der Waals surface area (Å²) in [6.07, 6.45) is 9.83. The van der Waals surface area contributed by atoms with Crippen molar-refractivity contribution in [3.63, 3.8) is 0 Å². The van der Waals surface area contributed by atoms with Crippen molar-refractivity contribution >= 4 is 17.2 Å². The first kappa shape index (κ1) is 18.3. The summed E-state index contributed by atoms with van der Waals surface area (Å²) >= 11 is 6.61. The highest BCUT2D eigenvalue weighted by atomic mass is 35.5. The van der Waals surface area contributed by atoms with Crippen LogP contribution in [0.25, 0.3) is 5.57 Å². The van der Waals surface area contributed by atoms with Crippen molar-refractivity contribution in [3.05, 3.63) is 39.9 Å². The van der Waals surface area contributed by atoms with E-state index in [0.717, 1.165) is 23.4 Å². The molecule has 0 aliphatic carbocycles. The van der Waals surface area contributed by atoms with Crippen LogP contribution in [0.1, 0.15) is 81.5 Å². The second-order valence-corrected chi connectivity index (χ2v) is 6.58. The Morgan fingerprint density at radius 1 is 1.00 bits per heavy atom. The van der Waals surface area contributed by atoms with Gasteiger partial charge in [-0.1, -0.05) is 69.4 Å². The van der Waals surface area contributed by atoms with Crippen molar-refractivity contribution < 1.29 is 0 Å². The van der Waals surface area contributed by atoms with Crippen LogP contribution in [0.4, 0.5) is 0 Å². The molecule has 0 spiro atoms. The van der Waals surface area contributed by atoms with E-state index in [4.69, 9.17) is 11.6 Å². The molecule has 0 bridgehead atoms. The van der Waals surface area contributed by atoms with Crippen molar-refractivity contribution in [2.24, 2.45) is 0 Å². The van der Waals surface area contributed by atoms with Gasteiger partial charge in [-0.15, -0.1) is 0 Å². The van der Waals surface area contributed by atoms with Crippen LogP contribution < -0.4 is 0 Å². The maximum atomic E-state index is 6.61. The van der Waals surface area contributed by atoms with Gasteiger partial charge < -0.3 is 0 Å². The average molecular weight is 307 g/mol. The van der Waals surface area contributed by atoms with Crippen molar-refractivity contribution in [1.82, 2.24) is 0 Å². The quantitative estimate of drug-likeness (QED) is 0.425. The molecule has 0 amide bonds. The van der Waals surface area contributed by atoms with Crippen LogP contribution in [0, 0.1) is 6.92 Å². The van der Waals surface area contributed by atoms with Crippen LogP contribution in [-0.2, 0) is 12.8 Å². The molecule has 0 heterocycles. The molecule has 0 saturated heterocycles. The van der Waals surface area contributed by atoms with Gasteiger partial charge in [0.2, 0.25) is 0 Å². The summed E-state index contributed by atoms with van der Waals surface area (Å²) in [6, 6.07) is 2.35. The molecule has 0 fully saturated rings. The summed E-state index contributed by atoms with van der Waals surface area (Å²) in [7, 11) is 0. The second-order valence-electron chi connectivity index (χ2n) is 6.20. The third-order valence-corrected chi connectivity index (χ3v) is 4.71. The molecule has 0 aliphatic heterocycles. The molecule has 0 N–H and O–H groups in total. The monoisotopic (exact) mass is 306 g/mol. The van der Waals surface area contributed by atoms with Crippen LogP contribution in [0.5, 0.6) is 0 Å². The van der Waals surface area contributed by atoms with Gasteiger partial charge in [0.1, 0.15) is 0 Å². The van der Waals surface area contributed by atoms with Crippen molar-refractivity contribution in [1.29, 1.82) is 0 Å². The Kier molecular flexibility index (Phi) is 8.11. The molecule has 0 nitrogen and oxygen atoms in total. The number of rotatable bonds is 9. The van der Waals surface area contributed by atoms with Gasteiger partial charge in [0, 0.05) is 5.02 Å². The molecule has 1 aromatic rings. The van der Waals surface area contributed by atoms with Crippen molar-refractivity contribution in [2.45, 2.75) is 79.1 Å². The Bertz CT molecular complexity index is 471. The summed E-state index contributed by atoms with van der Waals surface area (Å²) in [5.74, 6) is 0. The molecule has 0 aromatic heterocycles. The SMILES string of the molecule is C=C(C)c1c(CCCCC)cc(CCCCC)c(Cl)c1C. The summed E-state index contributed by atoms with van der Waals surface area (Å²) < 4.78 is 0. The van der Waals surface area contributed by atoms with Gasteiger partial charge in [0.05, 0.1) is 0 Å². The lowest BCUT2D eigenvalue weighted by Crippen LogP contribution is -2.01. The summed E-state index contributed by atoms with van der Waals surface area (Å²) in [6.45, 7) is 12.9. The molecular weight excluding hydrogens is 276 g/mol. The van der Waals surface area contributed by atoms with Gasteiger partial charge in [0.25, 0.3) is 0 Å². The number of halogens is 1. The van der Waals surface area contributed by atoms with E-state index in [9.17, 15) is 0 Å². The zero-order valence-electron chi connectivity index (χ0n) is 14.3. The molecule has 118 valence electrons. The van der Waals surface area contributed by atoms with E-state index >= 15 is 0 Å². The maximum Gasteiger partial charge on any atom is 0.0473 e.